The van der Waals surface area contributed by atoms with Crippen LogP contribution in [0.2, 0.25) is 0 Å². The molecule has 1 saturated carbocycles. The minimum Gasteiger partial charge on any atom is -0.374 e. The number of rotatable bonds is 7. The van der Waals surface area contributed by atoms with E-state index in [-0.39, 0.29) is 0 Å². The van der Waals surface area contributed by atoms with Crippen molar-refractivity contribution in [1.29, 1.82) is 0 Å². The van der Waals surface area contributed by atoms with Crippen molar-refractivity contribution in [3.05, 3.63) is 35.4 Å². The third-order valence-corrected chi connectivity index (χ3v) is 3.27. The first-order valence-corrected chi connectivity index (χ1v) is 6.70. The Morgan fingerprint density at radius 1 is 1.35 bits per heavy atom. The van der Waals surface area contributed by atoms with E-state index in [0.29, 0.717) is 6.10 Å². The van der Waals surface area contributed by atoms with Crippen LogP contribution < -0.4 is 5.32 Å². The summed E-state index contributed by atoms with van der Waals surface area (Å²) in [4.78, 5) is 0. The van der Waals surface area contributed by atoms with Gasteiger partial charge in [0, 0.05) is 12.6 Å². The van der Waals surface area contributed by atoms with Crippen LogP contribution in [0, 0.1) is 0 Å². The third kappa shape index (κ3) is 4.49. The van der Waals surface area contributed by atoms with Gasteiger partial charge in [0.15, 0.2) is 0 Å². The molecule has 1 atom stereocenters. The zero-order chi connectivity index (χ0) is 12.1. The summed E-state index contributed by atoms with van der Waals surface area (Å²) < 4.78 is 5.75. The van der Waals surface area contributed by atoms with Crippen molar-refractivity contribution in [2.24, 2.45) is 0 Å². The van der Waals surface area contributed by atoms with Crippen LogP contribution in [0.5, 0.6) is 0 Å². The first kappa shape index (κ1) is 12.6. The van der Waals surface area contributed by atoms with Crippen molar-refractivity contribution in [3.63, 3.8) is 0 Å². The number of hydrogen-bond acceptors (Lipinski definition) is 2. The van der Waals surface area contributed by atoms with Crippen LogP contribution in [0.4, 0.5) is 0 Å². The Balaban J connectivity index is 1.82. The molecule has 2 nitrogen and oxygen atoms in total. The molecule has 0 saturated heterocycles. The molecule has 1 aliphatic carbocycles. The normalized spacial score (nSPS) is 17.1. The monoisotopic (exact) mass is 233 g/mol. The molecule has 2 heteroatoms. The predicted octanol–water partition coefficient (Wildman–Crippen LogP) is 3.25. The Hall–Kier alpha value is -0.860. The lowest BCUT2D eigenvalue weighted by molar-refractivity contribution is 0.0508. The lowest BCUT2D eigenvalue weighted by atomic mass is 10.1. The first-order chi connectivity index (χ1) is 8.28. The summed E-state index contributed by atoms with van der Waals surface area (Å²) in [6.07, 6.45) is 4.11. The van der Waals surface area contributed by atoms with Crippen molar-refractivity contribution in [3.8, 4) is 0 Å². The second-order valence-corrected chi connectivity index (χ2v) is 5.00. The molecule has 0 bridgehead atoms. The van der Waals surface area contributed by atoms with Crippen LogP contribution in [-0.2, 0) is 17.9 Å². The van der Waals surface area contributed by atoms with E-state index in [2.05, 4.69) is 43.4 Å². The standard InChI is InChI=1S/C15H23NO/c1-3-12(2)17-11-14-6-4-5-13(9-14)10-16-15-7-8-15/h4-6,9,12,15-16H,3,7-8,10-11H2,1-2H3. The fraction of sp³-hybridized carbons (Fsp3) is 0.600. The fourth-order valence-electron chi connectivity index (χ4n) is 1.74. The average molecular weight is 233 g/mol. The molecule has 1 aromatic rings. The number of benzene rings is 1. The molecule has 0 heterocycles. The van der Waals surface area contributed by atoms with Crippen molar-refractivity contribution in [1.82, 2.24) is 5.32 Å². The third-order valence-electron chi connectivity index (χ3n) is 3.27. The number of nitrogens with one attached hydrogen (secondary N) is 1. The number of ether oxygens (including phenoxy) is 1. The lowest BCUT2D eigenvalue weighted by Crippen LogP contribution is -2.15. The molecule has 94 valence electrons. The maximum absolute atomic E-state index is 5.75. The molecule has 17 heavy (non-hydrogen) atoms. The topological polar surface area (TPSA) is 21.3 Å². The van der Waals surface area contributed by atoms with Crippen LogP contribution in [0.15, 0.2) is 24.3 Å². The SMILES string of the molecule is CCC(C)OCc1cccc(CNC2CC2)c1. The molecule has 1 aromatic carbocycles. The molecule has 1 N–H and O–H groups in total. The van der Waals surface area contributed by atoms with Gasteiger partial charge in [-0.05, 0) is 37.3 Å². The van der Waals surface area contributed by atoms with Gasteiger partial charge in [-0.1, -0.05) is 31.2 Å². The van der Waals surface area contributed by atoms with Gasteiger partial charge >= 0.3 is 0 Å². The molecular formula is C15H23NO. The van der Waals surface area contributed by atoms with E-state index in [9.17, 15) is 0 Å². The van der Waals surface area contributed by atoms with E-state index >= 15 is 0 Å². The number of hydrogen-bond donors (Lipinski definition) is 1. The van der Waals surface area contributed by atoms with E-state index in [1.165, 1.54) is 24.0 Å². The summed E-state index contributed by atoms with van der Waals surface area (Å²) >= 11 is 0. The molecule has 0 aromatic heterocycles. The van der Waals surface area contributed by atoms with E-state index < -0.39 is 0 Å². The lowest BCUT2D eigenvalue weighted by Gasteiger charge is -2.11. The molecule has 0 spiro atoms. The Labute approximate surface area is 104 Å². The Kier molecular flexibility index (Phi) is 4.57. The largest absolute Gasteiger partial charge is 0.374 e. The summed E-state index contributed by atoms with van der Waals surface area (Å²) in [5.41, 5.74) is 2.64. The van der Waals surface area contributed by atoms with Gasteiger partial charge < -0.3 is 10.1 Å². The minimum atomic E-state index is 0.350. The highest BCUT2D eigenvalue weighted by Crippen LogP contribution is 2.19. The molecule has 1 aliphatic rings. The first-order valence-electron chi connectivity index (χ1n) is 6.70. The van der Waals surface area contributed by atoms with Gasteiger partial charge in [-0.2, -0.15) is 0 Å². The zero-order valence-corrected chi connectivity index (χ0v) is 10.9. The highest BCUT2D eigenvalue weighted by atomic mass is 16.5. The van der Waals surface area contributed by atoms with Crippen molar-refractivity contribution >= 4 is 0 Å². The van der Waals surface area contributed by atoms with Crippen molar-refractivity contribution in [2.45, 2.75) is 58.4 Å². The molecule has 1 fully saturated rings. The molecular weight excluding hydrogens is 210 g/mol. The molecule has 0 radical (unpaired) electrons. The second kappa shape index (κ2) is 6.18. The van der Waals surface area contributed by atoms with Crippen LogP contribution in [-0.4, -0.2) is 12.1 Å². The van der Waals surface area contributed by atoms with E-state index in [1.54, 1.807) is 0 Å². The zero-order valence-electron chi connectivity index (χ0n) is 10.9. The highest BCUT2D eigenvalue weighted by molar-refractivity contribution is 5.23. The van der Waals surface area contributed by atoms with E-state index in [4.69, 9.17) is 4.74 Å². The van der Waals surface area contributed by atoms with Gasteiger partial charge in [-0.3, -0.25) is 0 Å². The van der Waals surface area contributed by atoms with E-state index in [0.717, 1.165) is 25.6 Å². The average Bonchev–Trinajstić information content (AvgIpc) is 3.18. The molecule has 2 rings (SSSR count). The summed E-state index contributed by atoms with van der Waals surface area (Å²) in [6, 6.07) is 9.47. The Bertz CT molecular complexity index is 347. The maximum atomic E-state index is 5.75. The Morgan fingerprint density at radius 3 is 2.82 bits per heavy atom. The van der Waals surface area contributed by atoms with Crippen LogP contribution in [0.1, 0.15) is 44.2 Å². The Morgan fingerprint density at radius 2 is 2.12 bits per heavy atom. The minimum absolute atomic E-state index is 0.350. The van der Waals surface area contributed by atoms with Gasteiger partial charge in [0.2, 0.25) is 0 Å². The van der Waals surface area contributed by atoms with Gasteiger partial charge in [-0.25, -0.2) is 0 Å². The smallest absolute Gasteiger partial charge is 0.0720 e. The van der Waals surface area contributed by atoms with Crippen LogP contribution in [0.3, 0.4) is 0 Å². The fourth-order valence-corrected chi connectivity index (χ4v) is 1.74. The van der Waals surface area contributed by atoms with Crippen molar-refractivity contribution < 1.29 is 4.74 Å². The predicted molar refractivity (Wildman–Crippen MR) is 70.8 cm³/mol. The molecule has 0 aliphatic heterocycles. The maximum Gasteiger partial charge on any atom is 0.0720 e. The summed E-state index contributed by atoms with van der Waals surface area (Å²) in [7, 11) is 0. The quantitative estimate of drug-likeness (QED) is 0.780. The van der Waals surface area contributed by atoms with Gasteiger partial charge in [0.25, 0.3) is 0 Å². The van der Waals surface area contributed by atoms with Crippen LogP contribution in [0.25, 0.3) is 0 Å². The van der Waals surface area contributed by atoms with Gasteiger partial charge in [0.1, 0.15) is 0 Å². The molecule has 0 amide bonds. The van der Waals surface area contributed by atoms with Crippen LogP contribution >= 0.6 is 0 Å². The summed E-state index contributed by atoms with van der Waals surface area (Å²) in [5, 5.41) is 3.54. The van der Waals surface area contributed by atoms with Gasteiger partial charge in [0.05, 0.1) is 12.7 Å². The second-order valence-electron chi connectivity index (χ2n) is 5.00. The molecule has 1 unspecified atom stereocenters. The summed E-state index contributed by atoms with van der Waals surface area (Å²) in [6.45, 7) is 5.99. The van der Waals surface area contributed by atoms with Gasteiger partial charge in [-0.15, -0.1) is 0 Å². The summed E-state index contributed by atoms with van der Waals surface area (Å²) in [5.74, 6) is 0. The highest BCUT2D eigenvalue weighted by Gasteiger charge is 2.19. The van der Waals surface area contributed by atoms with Crippen molar-refractivity contribution in [2.75, 3.05) is 0 Å². The van der Waals surface area contributed by atoms with E-state index in [1.807, 2.05) is 0 Å².